The Labute approximate surface area is 204 Å². The predicted molar refractivity (Wildman–Crippen MR) is 139 cm³/mol. The van der Waals surface area contributed by atoms with Crippen LogP contribution in [0.25, 0.3) is 44.2 Å². The van der Waals surface area contributed by atoms with E-state index in [-0.39, 0.29) is 11.1 Å². The number of benzene rings is 3. The van der Waals surface area contributed by atoms with E-state index in [0.29, 0.717) is 0 Å². The second-order valence-corrected chi connectivity index (χ2v) is 9.33. The lowest BCUT2D eigenvalue weighted by Gasteiger charge is -2.32. The molecule has 0 saturated carbocycles. The Bertz CT molecular complexity index is 1490. The zero-order valence-electron chi connectivity index (χ0n) is 19.3. The van der Waals surface area contributed by atoms with Gasteiger partial charge in [-0.2, -0.15) is 8.75 Å². The SMILES string of the molecule is [C-]#[N+]/C(C#N)=C\c1ccc(-c2ccc3c(c2)C(CCC)(CCC)c2ccccc2-3)c2nsnc12. The van der Waals surface area contributed by atoms with Crippen LogP contribution in [0.15, 0.2) is 60.3 Å². The molecule has 5 heteroatoms. The summed E-state index contributed by atoms with van der Waals surface area (Å²) in [6.07, 6.45) is 6.09. The van der Waals surface area contributed by atoms with E-state index in [0.717, 1.165) is 65.1 Å². The molecule has 166 valence electrons. The minimum Gasteiger partial charge on any atom is -0.227 e. The highest BCUT2D eigenvalue weighted by Crippen LogP contribution is 2.54. The molecule has 4 nitrogen and oxygen atoms in total. The van der Waals surface area contributed by atoms with Crippen molar-refractivity contribution in [2.75, 3.05) is 0 Å². The molecule has 1 aromatic heterocycles. The van der Waals surface area contributed by atoms with Crippen LogP contribution in [-0.4, -0.2) is 8.75 Å². The first-order valence-electron chi connectivity index (χ1n) is 11.7. The molecule has 0 fully saturated rings. The molecule has 0 unspecified atom stereocenters. The molecule has 0 atom stereocenters. The molecule has 0 aliphatic heterocycles. The van der Waals surface area contributed by atoms with Crippen molar-refractivity contribution in [2.24, 2.45) is 0 Å². The largest absolute Gasteiger partial charge is 0.262 e. The maximum absolute atomic E-state index is 9.18. The van der Waals surface area contributed by atoms with Crippen LogP contribution >= 0.6 is 11.7 Å². The van der Waals surface area contributed by atoms with Crippen LogP contribution in [0.4, 0.5) is 0 Å². The van der Waals surface area contributed by atoms with E-state index in [2.05, 4.69) is 69.9 Å². The van der Waals surface area contributed by atoms with Crippen LogP contribution < -0.4 is 0 Å². The van der Waals surface area contributed by atoms with Gasteiger partial charge in [0.1, 0.15) is 11.0 Å². The maximum Gasteiger partial charge on any atom is 0.262 e. The summed E-state index contributed by atoms with van der Waals surface area (Å²) < 4.78 is 9.09. The molecule has 0 spiro atoms. The minimum absolute atomic E-state index is 0.0326. The highest BCUT2D eigenvalue weighted by atomic mass is 32.1. The molecule has 0 saturated heterocycles. The number of hydrogen-bond donors (Lipinski definition) is 0. The average molecular weight is 461 g/mol. The third-order valence-electron chi connectivity index (χ3n) is 6.91. The molecule has 0 radical (unpaired) electrons. The minimum atomic E-state index is 0.0326. The first kappa shape index (κ1) is 22.0. The van der Waals surface area contributed by atoms with Crippen molar-refractivity contribution >= 4 is 28.8 Å². The Balaban J connectivity index is 1.71. The molecular weight excluding hydrogens is 436 g/mol. The fourth-order valence-corrected chi connectivity index (χ4v) is 6.19. The Morgan fingerprint density at radius 2 is 1.68 bits per heavy atom. The molecular formula is C29H24N4S. The van der Waals surface area contributed by atoms with Gasteiger partial charge in [-0.15, -0.1) is 0 Å². The van der Waals surface area contributed by atoms with Crippen molar-refractivity contribution in [3.05, 3.63) is 88.4 Å². The first-order valence-corrected chi connectivity index (χ1v) is 12.4. The van der Waals surface area contributed by atoms with Crippen LogP contribution in [0.5, 0.6) is 0 Å². The summed E-state index contributed by atoms with van der Waals surface area (Å²) in [6.45, 7) is 11.7. The fourth-order valence-electron chi connectivity index (χ4n) is 5.61. The molecule has 1 aliphatic rings. The van der Waals surface area contributed by atoms with Gasteiger partial charge < -0.3 is 0 Å². The number of allylic oxidation sites excluding steroid dienone is 1. The van der Waals surface area contributed by atoms with Crippen LogP contribution in [0.1, 0.15) is 56.2 Å². The summed E-state index contributed by atoms with van der Waals surface area (Å²) in [5, 5.41) is 9.18. The van der Waals surface area contributed by atoms with Gasteiger partial charge in [-0.1, -0.05) is 75.2 Å². The van der Waals surface area contributed by atoms with Crippen LogP contribution in [0.2, 0.25) is 0 Å². The van der Waals surface area contributed by atoms with Crippen LogP contribution in [0.3, 0.4) is 0 Å². The smallest absolute Gasteiger partial charge is 0.227 e. The standard InChI is InChI=1S/C29H24N4S/c1-4-14-29(15-5-2)25-9-7-6-8-23(25)24-13-10-19(17-26(24)29)22-12-11-20(16-21(18-30)31-3)27-28(22)33-34-32-27/h6-13,16-17H,4-5,14-15H2,1-2H3/b21-16-. The van der Waals surface area contributed by atoms with Gasteiger partial charge in [-0.3, -0.25) is 0 Å². The molecule has 3 aromatic carbocycles. The van der Waals surface area contributed by atoms with Crippen molar-refractivity contribution in [1.82, 2.24) is 8.75 Å². The first-order chi connectivity index (χ1) is 16.7. The molecule has 0 N–H and O–H groups in total. The zero-order valence-corrected chi connectivity index (χ0v) is 20.1. The summed E-state index contributed by atoms with van der Waals surface area (Å²) in [5.41, 5.74) is 10.1. The van der Waals surface area contributed by atoms with E-state index in [1.165, 1.54) is 22.3 Å². The summed E-state index contributed by atoms with van der Waals surface area (Å²) in [4.78, 5) is 3.29. The van der Waals surface area contributed by atoms with Crippen molar-refractivity contribution in [1.29, 1.82) is 5.26 Å². The van der Waals surface area contributed by atoms with Crippen LogP contribution in [0, 0.1) is 17.9 Å². The molecule has 0 amide bonds. The Morgan fingerprint density at radius 3 is 2.41 bits per heavy atom. The number of rotatable bonds is 6. The number of hydrogen-bond acceptors (Lipinski definition) is 4. The van der Waals surface area contributed by atoms with Gasteiger partial charge in [0.15, 0.2) is 0 Å². The molecule has 1 aliphatic carbocycles. The van der Waals surface area contributed by atoms with Gasteiger partial charge in [0.25, 0.3) is 5.70 Å². The predicted octanol–water partition coefficient (Wildman–Crippen LogP) is 8.01. The fraction of sp³-hybridized carbons (Fsp3) is 0.241. The van der Waals surface area contributed by atoms with Gasteiger partial charge in [-0.05, 0) is 58.4 Å². The third-order valence-corrected chi connectivity index (χ3v) is 7.43. The van der Waals surface area contributed by atoms with Crippen LogP contribution in [-0.2, 0) is 5.41 Å². The van der Waals surface area contributed by atoms with Crippen molar-refractivity contribution < 1.29 is 0 Å². The monoisotopic (exact) mass is 460 g/mol. The molecule has 4 aromatic rings. The molecule has 34 heavy (non-hydrogen) atoms. The van der Waals surface area contributed by atoms with E-state index >= 15 is 0 Å². The normalized spacial score (nSPS) is 13.8. The summed E-state index contributed by atoms with van der Waals surface area (Å²) in [7, 11) is 0. The van der Waals surface area contributed by atoms with Gasteiger partial charge in [0.2, 0.25) is 0 Å². The Kier molecular flexibility index (Phi) is 5.74. The summed E-state index contributed by atoms with van der Waals surface area (Å²) >= 11 is 1.16. The Hall–Kier alpha value is -3.80. The topological polar surface area (TPSA) is 53.9 Å². The lowest BCUT2D eigenvalue weighted by Crippen LogP contribution is -2.25. The van der Waals surface area contributed by atoms with Crippen molar-refractivity contribution in [3.63, 3.8) is 0 Å². The molecule has 0 bridgehead atoms. The van der Waals surface area contributed by atoms with Gasteiger partial charge >= 0.3 is 0 Å². The summed E-state index contributed by atoms with van der Waals surface area (Å²) in [6, 6.07) is 21.6. The number of nitriles is 1. The highest BCUT2D eigenvalue weighted by molar-refractivity contribution is 7.00. The highest BCUT2D eigenvalue weighted by Gasteiger charge is 2.41. The lowest BCUT2D eigenvalue weighted by atomic mass is 9.71. The molecule has 1 heterocycles. The number of fused-ring (bicyclic) bond motifs is 4. The third kappa shape index (κ3) is 3.33. The van der Waals surface area contributed by atoms with Crippen molar-refractivity contribution in [2.45, 2.75) is 44.9 Å². The quantitative estimate of drug-likeness (QED) is 0.216. The Morgan fingerprint density at radius 1 is 0.971 bits per heavy atom. The lowest BCUT2D eigenvalue weighted by molar-refractivity contribution is 0.436. The second-order valence-electron chi connectivity index (χ2n) is 8.81. The number of nitrogens with zero attached hydrogens (tertiary/aromatic N) is 4. The second kappa shape index (κ2) is 8.86. The van der Waals surface area contributed by atoms with Gasteiger partial charge in [0.05, 0.1) is 24.4 Å². The van der Waals surface area contributed by atoms with E-state index in [1.54, 1.807) is 6.08 Å². The number of aromatic nitrogens is 2. The molecule has 5 rings (SSSR count). The average Bonchev–Trinajstić information content (AvgIpc) is 3.46. The van der Waals surface area contributed by atoms with E-state index in [1.807, 2.05) is 18.2 Å². The van der Waals surface area contributed by atoms with E-state index in [9.17, 15) is 5.26 Å². The van der Waals surface area contributed by atoms with Gasteiger partial charge in [-0.25, -0.2) is 10.1 Å². The summed E-state index contributed by atoms with van der Waals surface area (Å²) in [5.74, 6) is 0. The van der Waals surface area contributed by atoms with E-state index < -0.39 is 0 Å². The van der Waals surface area contributed by atoms with Gasteiger partial charge in [0, 0.05) is 11.0 Å². The van der Waals surface area contributed by atoms with E-state index in [4.69, 9.17) is 6.57 Å². The maximum atomic E-state index is 9.18. The zero-order chi connectivity index (χ0) is 23.7. The van der Waals surface area contributed by atoms with Crippen molar-refractivity contribution in [3.8, 4) is 28.3 Å².